The van der Waals surface area contributed by atoms with Crippen LogP contribution in [0.3, 0.4) is 0 Å². The van der Waals surface area contributed by atoms with Crippen molar-refractivity contribution in [1.29, 1.82) is 0 Å². The third-order valence-electron chi connectivity index (χ3n) is 4.17. The molecule has 2 aromatic rings. The first kappa shape index (κ1) is 17.5. The van der Waals surface area contributed by atoms with Crippen LogP contribution in [0.25, 0.3) is 0 Å². The highest BCUT2D eigenvalue weighted by Gasteiger charge is 2.19. The van der Waals surface area contributed by atoms with Crippen molar-refractivity contribution in [3.8, 4) is 0 Å². The van der Waals surface area contributed by atoms with Gasteiger partial charge < -0.3 is 10.2 Å². The third-order valence-corrected chi connectivity index (χ3v) is 4.37. The van der Waals surface area contributed by atoms with E-state index < -0.39 is 0 Å². The van der Waals surface area contributed by atoms with Gasteiger partial charge in [-0.15, -0.1) is 0 Å². The predicted octanol–water partition coefficient (Wildman–Crippen LogP) is 1.46. The molecule has 0 unspecified atom stereocenters. The Morgan fingerprint density at radius 2 is 2.28 bits per heavy atom. The van der Waals surface area contributed by atoms with Crippen LogP contribution in [0, 0.1) is 0 Å². The van der Waals surface area contributed by atoms with Crippen LogP contribution in [0.15, 0.2) is 23.3 Å². The molecule has 1 fully saturated rings. The van der Waals surface area contributed by atoms with Gasteiger partial charge in [-0.05, 0) is 6.42 Å². The average Bonchev–Trinajstić information content (AvgIpc) is 3.15. The summed E-state index contributed by atoms with van der Waals surface area (Å²) < 4.78 is 1.72. The molecular weight excluding hydrogens is 344 g/mol. The van der Waals surface area contributed by atoms with E-state index in [-0.39, 0.29) is 17.4 Å². The van der Waals surface area contributed by atoms with Crippen LogP contribution in [0.4, 0.5) is 5.95 Å². The Bertz CT molecular complexity index is 802. The highest BCUT2D eigenvalue weighted by atomic mass is 35.5. The Morgan fingerprint density at radius 3 is 2.96 bits per heavy atom. The number of amides is 1. The number of H-pyrrole nitrogens is 1. The van der Waals surface area contributed by atoms with Crippen LogP contribution in [0.2, 0.25) is 5.02 Å². The number of carbonyl (C=O) groups excluding carboxylic acids is 1. The van der Waals surface area contributed by atoms with E-state index in [1.807, 2.05) is 11.8 Å². The lowest BCUT2D eigenvalue weighted by molar-refractivity contribution is -0.127. The molecule has 0 saturated carbocycles. The lowest BCUT2D eigenvalue weighted by Crippen LogP contribution is -2.30. The molecule has 8 nitrogen and oxygen atoms in total. The number of nitrogens with zero attached hydrogens (tertiary/aromatic N) is 4. The molecule has 0 bridgehead atoms. The largest absolute Gasteiger partial charge is 0.354 e. The van der Waals surface area contributed by atoms with E-state index in [2.05, 4.69) is 20.4 Å². The van der Waals surface area contributed by atoms with Gasteiger partial charge in [0.2, 0.25) is 11.9 Å². The van der Waals surface area contributed by atoms with Crippen molar-refractivity contribution in [2.24, 2.45) is 0 Å². The highest BCUT2D eigenvalue weighted by molar-refractivity contribution is 6.30. The molecule has 1 amide bonds. The van der Waals surface area contributed by atoms with Gasteiger partial charge in [-0.3, -0.25) is 19.3 Å². The number of hydrogen-bond acceptors (Lipinski definition) is 5. The number of carbonyl (C=O) groups is 1. The van der Waals surface area contributed by atoms with E-state index in [9.17, 15) is 9.59 Å². The number of halogens is 1. The number of aromatic nitrogens is 4. The quantitative estimate of drug-likeness (QED) is 0.775. The molecule has 0 spiro atoms. The van der Waals surface area contributed by atoms with Gasteiger partial charge in [0, 0.05) is 50.8 Å². The second-order valence-electron chi connectivity index (χ2n) is 6.21. The van der Waals surface area contributed by atoms with Gasteiger partial charge in [0.15, 0.2) is 0 Å². The molecule has 9 heteroatoms. The Balaban J connectivity index is 1.61. The zero-order valence-corrected chi connectivity index (χ0v) is 14.8. The third kappa shape index (κ3) is 4.60. The minimum absolute atomic E-state index is 0.000948. The van der Waals surface area contributed by atoms with Gasteiger partial charge in [-0.25, -0.2) is 4.98 Å². The first-order chi connectivity index (χ1) is 12.0. The molecule has 134 valence electrons. The summed E-state index contributed by atoms with van der Waals surface area (Å²) >= 11 is 5.87. The number of aromatic amines is 1. The number of likely N-dealkylation sites (tertiary alicyclic amines) is 1. The molecule has 2 N–H and O–H groups in total. The van der Waals surface area contributed by atoms with Crippen molar-refractivity contribution < 1.29 is 4.79 Å². The van der Waals surface area contributed by atoms with Gasteiger partial charge in [0.1, 0.15) is 0 Å². The minimum atomic E-state index is -0.213. The SMILES string of the molecule is C[C@@H](Cn1cc(Cl)cn1)c1cc(=O)[nH]c(NCCN2CCCC2=O)n1. The molecule has 0 radical (unpaired) electrons. The summed E-state index contributed by atoms with van der Waals surface area (Å²) in [6.45, 7) is 4.50. The van der Waals surface area contributed by atoms with Crippen LogP contribution in [-0.4, -0.2) is 50.2 Å². The molecule has 0 aliphatic carbocycles. The van der Waals surface area contributed by atoms with E-state index >= 15 is 0 Å². The number of hydrogen-bond donors (Lipinski definition) is 2. The van der Waals surface area contributed by atoms with Gasteiger partial charge in [-0.1, -0.05) is 18.5 Å². The van der Waals surface area contributed by atoms with Crippen LogP contribution < -0.4 is 10.9 Å². The van der Waals surface area contributed by atoms with Crippen molar-refractivity contribution >= 4 is 23.5 Å². The van der Waals surface area contributed by atoms with Crippen molar-refractivity contribution in [2.45, 2.75) is 32.2 Å². The lowest BCUT2D eigenvalue weighted by Gasteiger charge is -2.16. The maximum Gasteiger partial charge on any atom is 0.252 e. The van der Waals surface area contributed by atoms with Gasteiger partial charge in [0.05, 0.1) is 16.9 Å². The summed E-state index contributed by atoms with van der Waals surface area (Å²) in [6, 6.07) is 1.49. The summed E-state index contributed by atoms with van der Waals surface area (Å²) in [5.74, 6) is 0.599. The first-order valence-corrected chi connectivity index (χ1v) is 8.70. The Kier molecular flexibility index (Phi) is 5.37. The summed E-state index contributed by atoms with van der Waals surface area (Å²) in [7, 11) is 0. The van der Waals surface area contributed by atoms with E-state index in [0.717, 1.165) is 13.0 Å². The smallest absolute Gasteiger partial charge is 0.252 e. The molecule has 25 heavy (non-hydrogen) atoms. The predicted molar refractivity (Wildman–Crippen MR) is 94.8 cm³/mol. The molecule has 1 aliphatic heterocycles. The van der Waals surface area contributed by atoms with Gasteiger partial charge in [-0.2, -0.15) is 5.10 Å². The number of nitrogens with one attached hydrogen (secondary N) is 2. The summed E-state index contributed by atoms with van der Waals surface area (Å²) in [5, 5.41) is 7.81. The van der Waals surface area contributed by atoms with Crippen molar-refractivity contribution in [2.75, 3.05) is 25.0 Å². The van der Waals surface area contributed by atoms with Gasteiger partial charge in [0.25, 0.3) is 5.56 Å². The van der Waals surface area contributed by atoms with Gasteiger partial charge >= 0.3 is 0 Å². The van der Waals surface area contributed by atoms with Crippen molar-refractivity contribution in [3.05, 3.63) is 39.5 Å². The fourth-order valence-corrected chi connectivity index (χ4v) is 3.03. The fraction of sp³-hybridized carbons (Fsp3) is 0.500. The normalized spacial score (nSPS) is 15.6. The zero-order chi connectivity index (χ0) is 17.8. The van der Waals surface area contributed by atoms with E-state index in [1.165, 1.54) is 6.07 Å². The molecule has 2 aromatic heterocycles. The van der Waals surface area contributed by atoms with E-state index in [4.69, 9.17) is 11.6 Å². The molecule has 1 saturated heterocycles. The number of rotatable bonds is 7. The average molecular weight is 365 g/mol. The van der Waals surface area contributed by atoms with Crippen molar-refractivity contribution in [1.82, 2.24) is 24.6 Å². The second kappa shape index (κ2) is 7.69. The monoisotopic (exact) mass is 364 g/mol. The molecule has 1 atom stereocenters. The Morgan fingerprint density at radius 1 is 1.44 bits per heavy atom. The van der Waals surface area contributed by atoms with Crippen LogP contribution in [-0.2, 0) is 11.3 Å². The highest BCUT2D eigenvalue weighted by Crippen LogP contribution is 2.16. The molecule has 3 rings (SSSR count). The first-order valence-electron chi connectivity index (χ1n) is 8.32. The minimum Gasteiger partial charge on any atom is -0.354 e. The van der Waals surface area contributed by atoms with Crippen LogP contribution in [0.5, 0.6) is 0 Å². The summed E-state index contributed by atoms with van der Waals surface area (Å²) in [6.07, 6.45) is 4.85. The zero-order valence-electron chi connectivity index (χ0n) is 14.0. The molecule has 0 aromatic carbocycles. The topological polar surface area (TPSA) is 95.9 Å². The molecule has 3 heterocycles. The Hall–Kier alpha value is -2.35. The maximum absolute atomic E-state index is 11.9. The standard InChI is InChI=1S/C16H21ClN6O2/c1-11(9-23-10-12(17)8-19-23)13-7-14(24)21-16(20-13)18-4-6-22-5-2-3-15(22)25/h7-8,10-11H,2-6,9H2,1H3,(H2,18,20,21,24)/t11-/m0/s1. The molecule has 1 aliphatic rings. The maximum atomic E-state index is 11.9. The lowest BCUT2D eigenvalue weighted by atomic mass is 10.1. The van der Waals surface area contributed by atoms with Crippen molar-refractivity contribution in [3.63, 3.8) is 0 Å². The number of anilines is 1. The van der Waals surface area contributed by atoms with Crippen LogP contribution in [0.1, 0.15) is 31.4 Å². The molecular formula is C16H21ClN6O2. The second-order valence-corrected chi connectivity index (χ2v) is 6.65. The summed E-state index contributed by atoms with van der Waals surface area (Å²) in [5.41, 5.74) is 0.463. The van der Waals surface area contributed by atoms with E-state index in [1.54, 1.807) is 17.1 Å². The van der Waals surface area contributed by atoms with Crippen LogP contribution >= 0.6 is 11.6 Å². The summed E-state index contributed by atoms with van der Waals surface area (Å²) in [4.78, 5) is 32.5. The fourth-order valence-electron chi connectivity index (χ4n) is 2.87. The van der Waals surface area contributed by atoms with E-state index in [0.29, 0.717) is 42.7 Å². The Labute approximate surface area is 150 Å².